The summed E-state index contributed by atoms with van der Waals surface area (Å²) in [4.78, 5) is 21.4. The number of benzene rings is 1. The molecule has 0 bridgehead atoms. The Kier molecular flexibility index (Phi) is 5.72. The minimum atomic E-state index is -0.344. The Balaban J connectivity index is 1.44. The third kappa shape index (κ3) is 4.46. The molecule has 30 heavy (non-hydrogen) atoms. The lowest BCUT2D eigenvalue weighted by Gasteiger charge is -2.08. The number of rotatable bonds is 6. The van der Waals surface area contributed by atoms with Crippen molar-refractivity contribution in [1.29, 1.82) is 0 Å². The standard InChI is InChI=1S/C23H19FN4OS/c1-14-10-16(13-26-21(14)17-8-9-25-15(2)11-17)6-7-20(29)23-28-27-22(30-23)18-4-3-5-19(24)12-18/h3-5,8-13H,6-7H2,1-2H3. The molecule has 3 heterocycles. The highest BCUT2D eigenvalue weighted by Crippen LogP contribution is 2.26. The average Bonchev–Trinajstić information content (AvgIpc) is 3.22. The van der Waals surface area contributed by atoms with Crippen molar-refractivity contribution in [3.05, 3.63) is 82.5 Å². The Morgan fingerprint density at radius 1 is 1.03 bits per heavy atom. The Labute approximate surface area is 177 Å². The van der Waals surface area contributed by atoms with Gasteiger partial charge in [0, 0.05) is 35.6 Å². The lowest BCUT2D eigenvalue weighted by atomic mass is 10.0. The van der Waals surface area contributed by atoms with Crippen LogP contribution in [0.5, 0.6) is 0 Å². The van der Waals surface area contributed by atoms with Crippen LogP contribution in [-0.4, -0.2) is 25.9 Å². The number of carbonyl (C=O) groups is 1. The zero-order valence-corrected chi connectivity index (χ0v) is 17.4. The number of aryl methyl sites for hydroxylation is 3. The zero-order valence-electron chi connectivity index (χ0n) is 16.6. The Bertz CT molecular complexity index is 1220. The zero-order chi connectivity index (χ0) is 21.1. The van der Waals surface area contributed by atoms with Gasteiger partial charge < -0.3 is 0 Å². The molecule has 0 fully saturated rings. The number of carbonyl (C=O) groups excluding carboxylic acids is 1. The van der Waals surface area contributed by atoms with Crippen molar-refractivity contribution in [2.45, 2.75) is 26.7 Å². The fourth-order valence-electron chi connectivity index (χ4n) is 3.20. The number of aromatic nitrogens is 4. The summed E-state index contributed by atoms with van der Waals surface area (Å²) >= 11 is 1.18. The number of ketones is 1. The molecule has 4 rings (SSSR count). The number of hydrogen-bond acceptors (Lipinski definition) is 6. The average molecular weight is 418 g/mol. The topological polar surface area (TPSA) is 68.6 Å². The first kappa shape index (κ1) is 20.0. The summed E-state index contributed by atoms with van der Waals surface area (Å²) in [6, 6.07) is 12.1. The highest BCUT2D eigenvalue weighted by molar-refractivity contribution is 7.16. The van der Waals surface area contributed by atoms with Gasteiger partial charge in [0.2, 0.25) is 0 Å². The van der Waals surface area contributed by atoms with Crippen molar-refractivity contribution >= 4 is 17.1 Å². The van der Waals surface area contributed by atoms with Crippen molar-refractivity contribution in [2.75, 3.05) is 0 Å². The van der Waals surface area contributed by atoms with Crippen LogP contribution in [-0.2, 0) is 6.42 Å². The molecule has 0 unspecified atom stereocenters. The molecule has 0 spiro atoms. The van der Waals surface area contributed by atoms with Crippen LogP contribution in [0.25, 0.3) is 21.8 Å². The van der Waals surface area contributed by atoms with Gasteiger partial charge in [-0.1, -0.05) is 29.5 Å². The predicted octanol–water partition coefficient (Wildman–Crippen LogP) is 5.23. The van der Waals surface area contributed by atoms with Crippen LogP contribution in [0.3, 0.4) is 0 Å². The van der Waals surface area contributed by atoms with Crippen LogP contribution >= 0.6 is 11.3 Å². The van der Waals surface area contributed by atoms with Crippen LogP contribution < -0.4 is 0 Å². The molecule has 4 aromatic rings. The largest absolute Gasteiger partial charge is 0.291 e. The molecule has 7 heteroatoms. The third-order valence-electron chi connectivity index (χ3n) is 4.68. The van der Waals surface area contributed by atoms with E-state index in [4.69, 9.17) is 0 Å². The fraction of sp³-hybridized carbons (Fsp3) is 0.174. The van der Waals surface area contributed by atoms with Gasteiger partial charge in [0.25, 0.3) is 0 Å². The van der Waals surface area contributed by atoms with Gasteiger partial charge in [-0.05, 0) is 55.7 Å². The maximum atomic E-state index is 13.4. The first-order valence-corrected chi connectivity index (χ1v) is 10.3. The number of pyridine rings is 2. The maximum absolute atomic E-state index is 13.4. The Morgan fingerprint density at radius 2 is 1.90 bits per heavy atom. The van der Waals surface area contributed by atoms with Gasteiger partial charge in [-0.15, -0.1) is 10.2 Å². The van der Waals surface area contributed by atoms with Crippen LogP contribution in [0.15, 0.2) is 54.9 Å². The van der Waals surface area contributed by atoms with Gasteiger partial charge in [-0.2, -0.15) is 0 Å². The first-order valence-electron chi connectivity index (χ1n) is 9.51. The highest BCUT2D eigenvalue weighted by atomic mass is 32.1. The molecule has 0 radical (unpaired) electrons. The number of Topliss-reactive ketones (excluding diaryl/α,β-unsaturated/α-hetero) is 1. The molecule has 0 aliphatic heterocycles. The van der Waals surface area contributed by atoms with Crippen LogP contribution in [0, 0.1) is 19.7 Å². The van der Waals surface area contributed by atoms with Crippen molar-refractivity contribution in [3.63, 3.8) is 0 Å². The summed E-state index contributed by atoms with van der Waals surface area (Å²) in [7, 11) is 0. The summed E-state index contributed by atoms with van der Waals surface area (Å²) in [5.74, 6) is -0.425. The fourth-order valence-corrected chi connectivity index (χ4v) is 4.01. The Hall–Kier alpha value is -3.32. The Morgan fingerprint density at radius 3 is 2.67 bits per heavy atom. The highest BCUT2D eigenvalue weighted by Gasteiger charge is 2.15. The second kappa shape index (κ2) is 8.59. The van der Waals surface area contributed by atoms with Gasteiger partial charge >= 0.3 is 0 Å². The van der Waals surface area contributed by atoms with E-state index < -0.39 is 0 Å². The van der Waals surface area contributed by atoms with Crippen molar-refractivity contribution in [1.82, 2.24) is 20.2 Å². The molecule has 0 aliphatic carbocycles. The summed E-state index contributed by atoms with van der Waals surface area (Å²) in [6.45, 7) is 3.96. The number of nitrogens with zero attached hydrogens (tertiary/aromatic N) is 4. The van der Waals surface area contributed by atoms with Crippen molar-refractivity contribution in [2.24, 2.45) is 0 Å². The molecule has 0 aliphatic rings. The predicted molar refractivity (Wildman–Crippen MR) is 115 cm³/mol. The van der Waals surface area contributed by atoms with Gasteiger partial charge in [0.1, 0.15) is 10.8 Å². The SMILES string of the molecule is Cc1cc(-c2ncc(CCC(=O)c3nnc(-c4cccc(F)c4)s3)cc2C)ccn1. The van der Waals surface area contributed by atoms with Gasteiger partial charge in [-0.25, -0.2) is 4.39 Å². The second-order valence-corrected chi connectivity index (χ2v) is 8.02. The molecule has 1 aromatic carbocycles. The molecular formula is C23H19FN4OS. The van der Waals surface area contributed by atoms with E-state index in [1.54, 1.807) is 18.3 Å². The summed E-state index contributed by atoms with van der Waals surface area (Å²) in [6.07, 6.45) is 4.46. The molecular weight excluding hydrogens is 399 g/mol. The quantitative estimate of drug-likeness (QED) is 0.401. The van der Waals surface area contributed by atoms with E-state index in [0.29, 0.717) is 28.4 Å². The molecule has 0 atom stereocenters. The van der Waals surface area contributed by atoms with Crippen LogP contribution in [0.4, 0.5) is 4.39 Å². The van der Waals surface area contributed by atoms with E-state index in [9.17, 15) is 9.18 Å². The molecule has 0 saturated carbocycles. The van der Waals surface area contributed by atoms with Crippen molar-refractivity contribution in [3.8, 4) is 21.8 Å². The smallest absolute Gasteiger partial charge is 0.193 e. The lowest BCUT2D eigenvalue weighted by Crippen LogP contribution is -2.02. The molecule has 3 aromatic heterocycles. The minimum absolute atomic E-state index is 0.0818. The van der Waals surface area contributed by atoms with Gasteiger partial charge in [0.15, 0.2) is 10.8 Å². The van der Waals surface area contributed by atoms with E-state index in [-0.39, 0.29) is 11.6 Å². The van der Waals surface area contributed by atoms with E-state index in [1.807, 2.05) is 32.2 Å². The summed E-state index contributed by atoms with van der Waals surface area (Å²) < 4.78 is 13.4. The van der Waals surface area contributed by atoms with E-state index in [0.717, 1.165) is 28.1 Å². The number of hydrogen-bond donors (Lipinski definition) is 0. The van der Waals surface area contributed by atoms with Crippen molar-refractivity contribution < 1.29 is 9.18 Å². The lowest BCUT2D eigenvalue weighted by molar-refractivity contribution is 0.0981. The normalized spacial score (nSPS) is 10.9. The molecule has 150 valence electrons. The van der Waals surface area contributed by atoms with Gasteiger partial charge in [-0.3, -0.25) is 14.8 Å². The summed E-state index contributed by atoms with van der Waals surface area (Å²) in [5, 5.41) is 8.89. The third-order valence-corrected chi connectivity index (χ3v) is 5.69. The minimum Gasteiger partial charge on any atom is -0.291 e. The van der Waals surface area contributed by atoms with E-state index in [2.05, 4.69) is 26.2 Å². The monoisotopic (exact) mass is 418 g/mol. The maximum Gasteiger partial charge on any atom is 0.193 e. The molecule has 5 nitrogen and oxygen atoms in total. The van der Waals surface area contributed by atoms with E-state index >= 15 is 0 Å². The molecule has 0 saturated heterocycles. The first-order chi connectivity index (χ1) is 14.5. The second-order valence-electron chi connectivity index (χ2n) is 7.04. The molecule has 0 N–H and O–H groups in total. The molecule has 0 amide bonds. The van der Waals surface area contributed by atoms with Crippen LogP contribution in [0.2, 0.25) is 0 Å². The summed E-state index contributed by atoms with van der Waals surface area (Å²) in [5.41, 5.74) is 5.55. The van der Waals surface area contributed by atoms with E-state index in [1.165, 1.54) is 23.5 Å². The van der Waals surface area contributed by atoms with Crippen LogP contribution in [0.1, 0.15) is 33.0 Å². The number of halogens is 1. The van der Waals surface area contributed by atoms with Gasteiger partial charge in [0.05, 0.1) is 5.69 Å².